The first-order valence-corrected chi connectivity index (χ1v) is 7.77. The summed E-state index contributed by atoms with van der Waals surface area (Å²) in [5.74, 6) is 0.714. The molecule has 1 aromatic heterocycles. The number of aromatic nitrogens is 1. The highest BCUT2D eigenvalue weighted by Crippen LogP contribution is 2.21. The lowest BCUT2D eigenvalue weighted by Gasteiger charge is -2.23. The van der Waals surface area contributed by atoms with Crippen molar-refractivity contribution in [1.29, 1.82) is 10.5 Å². The Balaban J connectivity index is 1.57. The summed E-state index contributed by atoms with van der Waals surface area (Å²) in [6, 6.07) is 7.28. The van der Waals surface area contributed by atoms with Crippen LogP contribution in [0.3, 0.4) is 0 Å². The molecule has 3 rings (SSSR count). The molecule has 118 valence electrons. The summed E-state index contributed by atoms with van der Waals surface area (Å²) in [6.45, 7) is 1.34. The van der Waals surface area contributed by atoms with Crippen molar-refractivity contribution in [3.63, 3.8) is 0 Å². The number of carbonyl (C=O) groups excluding carboxylic acids is 1. The fourth-order valence-corrected chi connectivity index (χ4v) is 3.15. The fourth-order valence-electron chi connectivity index (χ4n) is 3.15. The Morgan fingerprint density at radius 3 is 3.00 bits per heavy atom. The second-order valence-corrected chi connectivity index (χ2v) is 5.90. The maximum atomic E-state index is 12.5. The maximum absolute atomic E-state index is 12.5. The van der Waals surface area contributed by atoms with Crippen LogP contribution in [0.15, 0.2) is 18.3 Å². The van der Waals surface area contributed by atoms with Crippen LogP contribution in [-0.2, 0) is 4.79 Å². The van der Waals surface area contributed by atoms with Gasteiger partial charge in [0.15, 0.2) is 0 Å². The van der Waals surface area contributed by atoms with Gasteiger partial charge in [0.05, 0.1) is 17.7 Å². The van der Waals surface area contributed by atoms with Crippen LogP contribution in [0, 0.1) is 22.7 Å². The van der Waals surface area contributed by atoms with Crippen LogP contribution < -0.4 is 10.6 Å². The molecule has 3 heterocycles. The molecule has 3 atom stereocenters. The lowest BCUT2D eigenvalue weighted by atomic mass is 10.1. The molecule has 0 aromatic carbocycles. The van der Waals surface area contributed by atoms with E-state index in [1.807, 2.05) is 6.07 Å². The van der Waals surface area contributed by atoms with Gasteiger partial charge in [-0.1, -0.05) is 0 Å². The number of nitriles is 2. The van der Waals surface area contributed by atoms with Gasteiger partial charge in [-0.2, -0.15) is 10.5 Å². The molecule has 2 N–H and O–H groups in total. The first-order chi connectivity index (χ1) is 11.2. The van der Waals surface area contributed by atoms with Crippen molar-refractivity contribution in [1.82, 2.24) is 15.2 Å². The number of amides is 1. The zero-order chi connectivity index (χ0) is 16.2. The van der Waals surface area contributed by atoms with Gasteiger partial charge in [0.2, 0.25) is 5.91 Å². The minimum atomic E-state index is -0.281. The summed E-state index contributed by atoms with van der Waals surface area (Å²) in [5.41, 5.74) is 0.518. The number of rotatable bonds is 3. The van der Waals surface area contributed by atoms with Crippen molar-refractivity contribution in [2.45, 2.75) is 37.4 Å². The van der Waals surface area contributed by atoms with E-state index in [0.29, 0.717) is 30.9 Å². The molecule has 0 bridgehead atoms. The molecular weight excluding hydrogens is 292 g/mol. The third kappa shape index (κ3) is 3.25. The zero-order valence-corrected chi connectivity index (χ0v) is 12.7. The Labute approximate surface area is 134 Å². The van der Waals surface area contributed by atoms with Crippen molar-refractivity contribution in [3.05, 3.63) is 23.9 Å². The minimum absolute atomic E-state index is 0.0196. The van der Waals surface area contributed by atoms with Crippen molar-refractivity contribution in [2.24, 2.45) is 0 Å². The summed E-state index contributed by atoms with van der Waals surface area (Å²) in [4.78, 5) is 18.4. The number of hydrogen-bond donors (Lipinski definition) is 2. The molecule has 7 heteroatoms. The summed E-state index contributed by atoms with van der Waals surface area (Å²) >= 11 is 0. The van der Waals surface area contributed by atoms with E-state index < -0.39 is 0 Å². The third-order valence-corrected chi connectivity index (χ3v) is 4.36. The molecule has 2 saturated heterocycles. The number of carbonyl (C=O) groups is 1. The highest BCUT2D eigenvalue weighted by Gasteiger charge is 2.37. The standard InChI is InChI=1S/C16H18N6O/c17-7-11-3-4-15(20-9-11)21-12-6-14(19-10-12)16(23)22-5-1-2-13(22)8-18/h3-4,9,12-14,19H,1-2,5-6,10H2,(H,20,21)/t12-,13?,14+/m1/s1. The average Bonchev–Trinajstić information content (AvgIpc) is 3.24. The molecule has 0 radical (unpaired) electrons. The number of nitrogens with one attached hydrogen (secondary N) is 2. The molecule has 1 aromatic rings. The number of nitrogens with zero attached hydrogens (tertiary/aromatic N) is 4. The molecule has 23 heavy (non-hydrogen) atoms. The fraction of sp³-hybridized carbons (Fsp3) is 0.500. The second kappa shape index (κ2) is 6.64. The molecule has 1 unspecified atom stereocenters. The van der Waals surface area contributed by atoms with E-state index >= 15 is 0 Å². The third-order valence-electron chi connectivity index (χ3n) is 4.36. The second-order valence-electron chi connectivity index (χ2n) is 5.90. The van der Waals surface area contributed by atoms with Crippen LogP contribution in [0.5, 0.6) is 0 Å². The Bertz CT molecular complexity index is 659. The number of pyridine rings is 1. The highest BCUT2D eigenvalue weighted by molar-refractivity contribution is 5.83. The van der Waals surface area contributed by atoms with Gasteiger partial charge in [0.1, 0.15) is 17.9 Å². The van der Waals surface area contributed by atoms with E-state index in [9.17, 15) is 4.79 Å². The van der Waals surface area contributed by atoms with E-state index in [4.69, 9.17) is 10.5 Å². The predicted molar refractivity (Wildman–Crippen MR) is 83.1 cm³/mol. The van der Waals surface area contributed by atoms with E-state index in [1.165, 1.54) is 6.20 Å². The summed E-state index contributed by atoms with van der Waals surface area (Å²) in [7, 11) is 0. The molecule has 0 saturated carbocycles. The molecule has 2 fully saturated rings. The Morgan fingerprint density at radius 1 is 1.43 bits per heavy atom. The molecule has 7 nitrogen and oxygen atoms in total. The van der Waals surface area contributed by atoms with E-state index in [-0.39, 0.29) is 24.0 Å². The van der Waals surface area contributed by atoms with Crippen LogP contribution >= 0.6 is 0 Å². The Morgan fingerprint density at radius 2 is 2.30 bits per heavy atom. The van der Waals surface area contributed by atoms with Gasteiger partial charge in [0.25, 0.3) is 0 Å². The van der Waals surface area contributed by atoms with Crippen LogP contribution in [0.25, 0.3) is 0 Å². The van der Waals surface area contributed by atoms with Gasteiger partial charge < -0.3 is 15.5 Å². The minimum Gasteiger partial charge on any atom is -0.366 e. The molecule has 1 amide bonds. The molecule has 0 aliphatic carbocycles. The summed E-state index contributed by atoms with van der Waals surface area (Å²) < 4.78 is 0. The first-order valence-electron chi connectivity index (χ1n) is 7.77. The lowest BCUT2D eigenvalue weighted by Crippen LogP contribution is -2.45. The van der Waals surface area contributed by atoms with Gasteiger partial charge in [-0.3, -0.25) is 4.79 Å². The molecular formula is C16H18N6O. The highest BCUT2D eigenvalue weighted by atomic mass is 16.2. The quantitative estimate of drug-likeness (QED) is 0.847. The predicted octanol–water partition coefficient (Wildman–Crippen LogP) is 0.610. The lowest BCUT2D eigenvalue weighted by molar-refractivity contribution is -0.133. The summed E-state index contributed by atoms with van der Waals surface area (Å²) in [5, 5.41) is 24.4. The van der Waals surface area contributed by atoms with Gasteiger partial charge in [-0.25, -0.2) is 4.98 Å². The monoisotopic (exact) mass is 310 g/mol. The molecule has 2 aliphatic rings. The smallest absolute Gasteiger partial charge is 0.240 e. The van der Waals surface area contributed by atoms with E-state index in [1.54, 1.807) is 17.0 Å². The van der Waals surface area contributed by atoms with Gasteiger partial charge in [-0.15, -0.1) is 0 Å². The zero-order valence-electron chi connectivity index (χ0n) is 12.7. The van der Waals surface area contributed by atoms with Crippen LogP contribution in [0.1, 0.15) is 24.8 Å². The molecule has 0 spiro atoms. The summed E-state index contributed by atoms with van der Waals surface area (Å²) in [6.07, 6.45) is 3.85. The largest absolute Gasteiger partial charge is 0.366 e. The van der Waals surface area contributed by atoms with E-state index in [2.05, 4.69) is 21.7 Å². The van der Waals surface area contributed by atoms with Crippen molar-refractivity contribution >= 4 is 11.7 Å². The van der Waals surface area contributed by atoms with Crippen LogP contribution in [0.2, 0.25) is 0 Å². The SMILES string of the molecule is N#Cc1ccc(N[C@H]2CN[C@H](C(=O)N3CCCC3C#N)C2)nc1. The van der Waals surface area contributed by atoms with Crippen molar-refractivity contribution < 1.29 is 4.79 Å². The Kier molecular flexibility index (Phi) is 4.40. The van der Waals surface area contributed by atoms with Crippen LogP contribution in [0.4, 0.5) is 5.82 Å². The van der Waals surface area contributed by atoms with Crippen LogP contribution in [-0.4, -0.2) is 47.0 Å². The number of hydrogen-bond acceptors (Lipinski definition) is 6. The normalized spacial score (nSPS) is 26.5. The van der Waals surface area contributed by atoms with E-state index in [0.717, 1.165) is 12.8 Å². The van der Waals surface area contributed by atoms with Crippen molar-refractivity contribution in [2.75, 3.05) is 18.4 Å². The number of anilines is 1. The average molecular weight is 310 g/mol. The van der Waals surface area contributed by atoms with Gasteiger partial charge in [0, 0.05) is 25.3 Å². The Hall–Kier alpha value is -2.64. The maximum Gasteiger partial charge on any atom is 0.240 e. The van der Waals surface area contributed by atoms with Crippen molar-refractivity contribution in [3.8, 4) is 12.1 Å². The first kappa shape index (κ1) is 15.3. The topological polar surface area (TPSA) is 105 Å². The van der Waals surface area contributed by atoms with Gasteiger partial charge >= 0.3 is 0 Å². The van der Waals surface area contributed by atoms with Gasteiger partial charge in [-0.05, 0) is 31.4 Å². The molecule has 2 aliphatic heterocycles. The number of likely N-dealkylation sites (tertiary alicyclic amines) is 1.